The van der Waals surface area contributed by atoms with Crippen molar-refractivity contribution in [3.8, 4) is 0 Å². The minimum absolute atomic E-state index is 0.195. The third-order valence-electron chi connectivity index (χ3n) is 2.78. The topological polar surface area (TPSA) is 24.9 Å². The lowest BCUT2D eigenvalue weighted by molar-refractivity contribution is 0.146. The van der Waals surface area contributed by atoms with E-state index in [1.54, 1.807) is 0 Å². The van der Waals surface area contributed by atoms with Crippen LogP contribution < -0.4 is 5.32 Å². The zero-order chi connectivity index (χ0) is 13.3. The van der Waals surface area contributed by atoms with E-state index in [0.717, 1.165) is 15.4 Å². The summed E-state index contributed by atoms with van der Waals surface area (Å²) in [4.78, 5) is 4.06. The Morgan fingerprint density at radius 3 is 2.72 bits per heavy atom. The largest absolute Gasteiger partial charge is 0.385 e. The van der Waals surface area contributed by atoms with Crippen LogP contribution in [0.15, 0.2) is 22.7 Å². The van der Waals surface area contributed by atoms with Gasteiger partial charge in [0.2, 0.25) is 0 Å². The number of benzene rings is 1. The van der Waals surface area contributed by atoms with Crippen LogP contribution in [-0.4, -0.2) is 11.5 Å². The second-order valence-electron chi connectivity index (χ2n) is 3.99. The molecule has 0 saturated heterocycles. The van der Waals surface area contributed by atoms with Crippen LogP contribution in [0, 0.1) is 6.92 Å². The first kappa shape index (κ1) is 13.2. The molecular formula is C13H13BrF2N2. The summed E-state index contributed by atoms with van der Waals surface area (Å²) in [6, 6.07) is 5.21. The maximum atomic E-state index is 12.8. The molecule has 5 heteroatoms. The molecule has 1 N–H and O–H groups in total. The summed E-state index contributed by atoms with van der Waals surface area (Å²) >= 11 is 3.39. The molecule has 0 radical (unpaired) electrons. The number of aryl methyl sites for hydroxylation is 1. The number of nitrogens with zero attached hydrogens (tertiary/aromatic N) is 1. The highest BCUT2D eigenvalue weighted by molar-refractivity contribution is 9.10. The van der Waals surface area contributed by atoms with Gasteiger partial charge in [-0.2, -0.15) is 0 Å². The SMILES string of the molecule is CCNc1cc(C(F)F)nc2c(C)c(Br)ccc12. The van der Waals surface area contributed by atoms with E-state index >= 15 is 0 Å². The molecule has 96 valence electrons. The van der Waals surface area contributed by atoms with Gasteiger partial charge < -0.3 is 5.32 Å². The molecule has 0 aliphatic heterocycles. The summed E-state index contributed by atoms with van der Waals surface area (Å²) in [5.74, 6) is 0. The Hall–Kier alpha value is -1.23. The molecule has 1 aromatic carbocycles. The van der Waals surface area contributed by atoms with E-state index < -0.39 is 6.43 Å². The van der Waals surface area contributed by atoms with Crippen LogP contribution in [0.4, 0.5) is 14.5 Å². The Morgan fingerprint density at radius 1 is 1.39 bits per heavy atom. The van der Waals surface area contributed by atoms with E-state index in [4.69, 9.17) is 0 Å². The van der Waals surface area contributed by atoms with E-state index in [9.17, 15) is 8.78 Å². The van der Waals surface area contributed by atoms with E-state index in [1.807, 2.05) is 26.0 Å². The molecule has 1 heterocycles. The van der Waals surface area contributed by atoms with Crippen molar-refractivity contribution >= 4 is 32.5 Å². The fraction of sp³-hybridized carbons (Fsp3) is 0.308. The highest BCUT2D eigenvalue weighted by Crippen LogP contribution is 2.32. The summed E-state index contributed by atoms with van der Waals surface area (Å²) in [5, 5.41) is 3.97. The first-order valence-electron chi connectivity index (χ1n) is 5.66. The minimum Gasteiger partial charge on any atom is -0.385 e. The predicted molar refractivity (Wildman–Crippen MR) is 73.3 cm³/mol. The quantitative estimate of drug-likeness (QED) is 0.890. The molecule has 0 fully saturated rings. The fourth-order valence-corrected chi connectivity index (χ4v) is 2.19. The van der Waals surface area contributed by atoms with Crippen LogP contribution in [0.1, 0.15) is 24.6 Å². The number of fused-ring (bicyclic) bond motifs is 1. The van der Waals surface area contributed by atoms with Crippen LogP contribution in [0.2, 0.25) is 0 Å². The Morgan fingerprint density at radius 2 is 2.11 bits per heavy atom. The van der Waals surface area contributed by atoms with Crippen LogP contribution in [0.3, 0.4) is 0 Å². The third-order valence-corrected chi connectivity index (χ3v) is 3.64. The highest BCUT2D eigenvalue weighted by atomic mass is 79.9. The monoisotopic (exact) mass is 314 g/mol. The number of hydrogen-bond acceptors (Lipinski definition) is 2. The molecule has 2 rings (SSSR count). The molecule has 0 unspecified atom stereocenters. The number of alkyl halides is 2. The van der Waals surface area contributed by atoms with Crippen molar-refractivity contribution < 1.29 is 8.78 Å². The molecule has 0 aliphatic rings. The molecule has 0 aliphatic carbocycles. The number of anilines is 1. The van der Waals surface area contributed by atoms with Crippen molar-refractivity contribution in [2.75, 3.05) is 11.9 Å². The van der Waals surface area contributed by atoms with Crippen LogP contribution in [0.25, 0.3) is 10.9 Å². The average Bonchev–Trinajstić information content (AvgIpc) is 2.34. The van der Waals surface area contributed by atoms with Gasteiger partial charge in [-0.15, -0.1) is 0 Å². The predicted octanol–water partition coefficient (Wildman–Crippen LogP) is 4.68. The maximum absolute atomic E-state index is 12.8. The van der Waals surface area contributed by atoms with Gasteiger partial charge in [-0.3, -0.25) is 0 Å². The van der Waals surface area contributed by atoms with Crippen LogP contribution in [-0.2, 0) is 0 Å². The third kappa shape index (κ3) is 2.32. The molecule has 2 aromatic rings. The van der Waals surface area contributed by atoms with Gasteiger partial charge in [-0.25, -0.2) is 13.8 Å². The molecule has 0 saturated carbocycles. The van der Waals surface area contributed by atoms with Gasteiger partial charge >= 0.3 is 0 Å². The molecule has 2 nitrogen and oxygen atoms in total. The standard InChI is InChI=1S/C13H13BrF2N2/c1-3-17-10-6-11(13(15)16)18-12-7(2)9(14)5-4-8(10)12/h4-6,13H,3H2,1-2H3,(H,17,18). The molecule has 0 atom stereocenters. The van der Waals surface area contributed by atoms with E-state index in [1.165, 1.54) is 6.07 Å². The first-order chi connectivity index (χ1) is 8.54. The van der Waals surface area contributed by atoms with Crippen LogP contribution in [0.5, 0.6) is 0 Å². The number of rotatable bonds is 3. The first-order valence-corrected chi connectivity index (χ1v) is 6.45. The minimum atomic E-state index is -2.56. The van der Waals surface area contributed by atoms with Gasteiger partial charge in [0, 0.05) is 22.1 Å². The molecule has 0 spiro atoms. The Bertz CT molecular complexity index is 585. The molecule has 0 amide bonds. The van der Waals surface area contributed by atoms with Crippen LogP contribution >= 0.6 is 15.9 Å². The van der Waals surface area contributed by atoms with Gasteiger partial charge in [-0.05, 0) is 37.6 Å². The lowest BCUT2D eigenvalue weighted by Gasteiger charge is -2.12. The number of pyridine rings is 1. The fourth-order valence-electron chi connectivity index (χ4n) is 1.87. The maximum Gasteiger partial charge on any atom is 0.280 e. The second-order valence-corrected chi connectivity index (χ2v) is 4.85. The van der Waals surface area contributed by atoms with Crippen molar-refractivity contribution in [2.24, 2.45) is 0 Å². The van der Waals surface area contributed by atoms with Crippen molar-refractivity contribution in [3.05, 3.63) is 33.9 Å². The molecular weight excluding hydrogens is 302 g/mol. The Labute approximate surface area is 113 Å². The average molecular weight is 315 g/mol. The number of hydrogen-bond donors (Lipinski definition) is 1. The highest BCUT2D eigenvalue weighted by Gasteiger charge is 2.14. The van der Waals surface area contributed by atoms with E-state index in [-0.39, 0.29) is 5.69 Å². The normalized spacial score (nSPS) is 11.2. The summed E-state index contributed by atoms with van der Waals surface area (Å²) in [5.41, 5.74) is 1.99. The van der Waals surface area contributed by atoms with Gasteiger partial charge in [0.25, 0.3) is 6.43 Å². The van der Waals surface area contributed by atoms with E-state index in [2.05, 4.69) is 26.2 Å². The number of aromatic nitrogens is 1. The van der Waals surface area contributed by atoms with E-state index in [0.29, 0.717) is 17.7 Å². The van der Waals surface area contributed by atoms with Crippen molar-refractivity contribution in [3.63, 3.8) is 0 Å². The molecule has 1 aromatic heterocycles. The van der Waals surface area contributed by atoms with Gasteiger partial charge in [-0.1, -0.05) is 15.9 Å². The second kappa shape index (κ2) is 5.18. The smallest absolute Gasteiger partial charge is 0.280 e. The van der Waals surface area contributed by atoms with Crippen molar-refractivity contribution in [2.45, 2.75) is 20.3 Å². The Balaban J connectivity index is 2.77. The summed E-state index contributed by atoms with van der Waals surface area (Å²) in [6.45, 7) is 4.47. The lowest BCUT2D eigenvalue weighted by atomic mass is 10.1. The van der Waals surface area contributed by atoms with Gasteiger partial charge in [0.15, 0.2) is 0 Å². The summed E-state index contributed by atoms with van der Waals surface area (Å²) in [6.07, 6.45) is -2.56. The van der Waals surface area contributed by atoms with Crippen molar-refractivity contribution in [1.82, 2.24) is 4.98 Å². The number of nitrogens with one attached hydrogen (secondary N) is 1. The summed E-state index contributed by atoms with van der Waals surface area (Å²) < 4.78 is 26.6. The number of halogens is 3. The molecule has 0 bridgehead atoms. The van der Waals surface area contributed by atoms with Gasteiger partial charge in [0.05, 0.1) is 5.52 Å². The van der Waals surface area contributed by atoms with Gasteiger partial charge in [0.1, 0.15) is 5.69 Å². The zero-order valence-electron chi connectivity index (χ0n) is 10.1. The lowest BCUT2D eigenvalue weighted by Crippen LogP contribution is -2.02. The summed E-state index contributed by atoms with van der Waals surface area (Å²) in [7, 11) is 0. The zero-order valence-corrected chi connectivity index (χ0v) is 11.7. The molecule has 18 heavy (non-hydrogen) atoms. The van der Waals surface area contributed by atoms with Crippen molar-refractivity contribution in [1.29, 1.82) is 0 Å². The Kier molecular flexibility index (Phi) is 3.80.